The largest absolute Gasteiger partial charge is 0.341 e. The molecule has 0 spiro atoms. The van der Waals surface area contributed by atoms with E-state index in [-0.39, 0.29) is 11.9 Å². The fraction of sp³-hybridized carbons (Fsp3) is 0.333. The number of benzene rings is 2. The first-order chi connectivity index (χ1) is 18.0. The van der Waals surface area contributed by atoms with E-state index in [1.54, 1.807) is 18.3 Å². The van der Waals surface area contributed by atoms with E-state index < -0.39 is 0 Å². The first-order valence-electron chi connectivity index (χ1n) is 13.0. The molecular formula is C30H32Cl2N4O. The van der Waals surface area contributed by atoms with Gasteiger partial charge in [0.25, 0.3) is 5.91 Å². The Kier molecular flexibility index (Phi) is 7.84. The number of hydrogen-bond donors (Lipinski definition) is 0. The van der Waals surface area contributed by atoms with Gasteiger partial charge in [-0.2, -0.15) is 0 Å². The van der Waals surface area contributed by atoms with Crippen molar-refractivity contribution in [2.24, 2.45) is 0 Å². The van der Waals surface area contributed by atoms with Gasteiger partial charge < -0.3 is 14.4 Å². The van der Waals surface area contributed by atoms with E-state index in [0.29, 0.717) is 22.3 Å². The van der Waals surface area contributed by atoms with Gasteiger partial charge in [-0.25, -0.2) is 4.98 Å². The van der Waals surface area contributed by atoms with Crippen LogP contribution in [0.1, 0.15) is 48.8 Å². The van der Waals surface area contributed by atoms with Crippen molar-refractivity contribution in [1.29, 1.82) is 0 Å². The summed E-state index contributed by atoms with van der Waals surface area (Å²) in [5.41, 5.74) is 5.20. The van der Waals surface area contributed by atoms with Crippen LogP contribution in [0.15, 0.2) is 66.9 Å². The van der Waals surface area contributed by atoms with Crippen molar-refractivity contribution in [2.75, 3.05) is 26.2 Å². The summed E-state index contributed by atoms with van der Waals surface area (Å²) >= 11 is 12.5. The Morgan fingerprint density at radius 1 is 1.05 bits per heavy atom. The number of rotatable bonds is 8. The lowest BCUT2D eigenvalue weighted by Crippen LogP contribution is -2.33. The summed E-state index contributed by atoms with van der Waals surface area (Å²) in [6.07, 6.45) is 3.43. The molecule has 5 rings (SSSR count). The topological polar surface area (TPSA) is 41.4 Å². The van der Waals surface area contributed by atoms with Crippen LogP contribution in [0.3, 0.4) is 0 Å². The van der Waals surface area contributed by atoms with Crippen molar-refractivity contribution in [1.82, 2.24) is 19.4 Å². The molecule has 1 unspecified atom stereocenters. The van der Waals surface area contributed by atoms with Crippen LogP contribution in [0.5, 0.6) is 0 Å². The normalized spacial score (nSPS) is 15.7. The van der Waals surface area contributed by atoms with Crippen molar-refractivity contribution >= 4 is 40.0 Å². The highest BCUT2D eigenvalue weighted by Crippen LogP contribution is 2.44. The van der Waals surface area contributed by atoms with Gasteiger partial charge in [0.15, 0.2) is 0 Å². The van der Waals surface area contributed by atoms with Crippen LogP contribution >= 0.6 is 23.2 Å². The summed E-state index contributed by atoms with van der Waals surface area (Å²) < 4.78 is 2.43. The molecule has 1 aliphatic heterocycles. The maximum Gasteiger partial charge on any atom is 0.255 e. The zero-order chi connectivity index (χ0) is 25.9. The summed E-state index contributed by atoms with van der Waals surface area (Å²) in [5.74, 6) is -0.00994. The van der Waals surface area contributed by atoms with E-state index in [9.17, 15) is 4.79 Å². The number of hydrogen-bond acceptors (Lipinski definition) is 3. The highest BCUT2D eigenvalue weighted by atomic mass is 35.5. The Morgan fingerprint density at radius 2 is 1.84 bits per heavy atom. The highest BCUT2D eigenvalue weighted by Gasteiger charge is 2.36. The third-order valence-electron chi connectivity index (χ3n) is 7.47. The number of carbonyl (C=O) groups is 1. The molecule has 1 atom stereocenters. The second kappa shape index (κ2) is 11.3. The molecule has 4 aromatic rings. The Balaban J connectivity index is 1.69. The number of aromatic nitrogens is 2. The van der Waals surface area contributed by atoms with Gasteiger partial charge in [-0.15, -0.1) is 0 Å². The average Bonchev–Trinajstić information content (AvgIpc) is 3.52. The van der Waals surface area contributed by atoms with Gasteiger partial charge in [-0.3, -0.25) is 4.79 Å². The van der Waals surface area contributed by atoms with E-state index in [0.717, 1.165) is 61.1 Å². The number of nitrogens with zero attached hydrogens (tertiary/aromatic N) is 4. The maximum absolute atomic E-state index is 13.7. The molecule has 7 heteroatoms. The maximum atomic E-state index is 13.7. The lowest BCUT2D eigenvalue weighted by atomic mass is 9.97. The molecule has 0 saturated carbocycles. The standard InChI is InChI=1S/C30H32Cl2N4O/c1-3-34(4-2)17-18-35-25-14-13-23(31)19-24(25)28(21-9-6-5-7-10-21)29(35)26-11-8-16-36(26)30(37)22-12-15-27(32)33-20-22/h5-7,9-10,12-15,19-20,26H,3-4,8,11,16-18H2,1-2H3. The van der Waals surface area contributed by atoms with Crippen molar-refractivity contribution < 1.29 is 4.79 Å². The minimum absolute atomic E-state index is 0.00994. The second-order valence-corrected chi connectivity index (χ2v) is 10.3. The molecule has 1 saturated heterocycles. The molecule has 0 N–H and O–H groups in total. The summed E-state index contributed by atoms with van der Waals surface area (Å²) in [7, 11) is 0. The molecule has 1 aliphatic rings. The molecule has 2 aromatic heterocycles. The fourth-order valence-electron chi connectivity index (χ4n) is 5.59. The number of fused-ring (bicyclic) bond motifs is 1. The number of carbonyl (C=O) groups excluding carboxylic acids is 1. The SMILES string of the molecule is CCN(CC)CCn1c(C2CCCN2C(=O)c2ccc(Cl)nc2)c(-c2ccccc2)c2cc(Cl)ccc21. The van der Waals surface area contributed by atoms with Crippen LogP contribution < -0.4 is 0 Å². The van der Waals surface area contributed by atoms with Crippen molar-refractivity contribution in [3.63, 3.8) is 0 Å². The number of amides is 1. The minimum atomic E-state index is -0.0544. The van der Waals surface area contributed by atoms with Crippen LogP contribution in [0, 0.1) is 0 Å². The van der Waals surface area contributed by atoms with Crippen molar-refractivity contribution in [2.45, 2.75) is 39.3 Å². The van der Waals surface area contributed by atoms with Gasteiger partial charge in [0.1, 0.15) is 5.15 Å². The van der Waals surface area contributed by atoms with Crippen molar-refractivity contribution in [3.8, 4) is 11.1 Å². The van der Waals surface area contributed by atoms with Gasteiger partial charge >= 0.3 is 0 Å². The number of likely N-dealkylation sites (tertiary alicyclic amines) is 1. The lowest BCUT2D eigenvalue weighted by Gasteiger charge is -2.28. The van der Waals surface area contributed by atoms with Gasteiger partial charge in [0.2, 0.25) is 0 Å². The summed E-state index contributed by atoms with van der Waals surface area (Å²) in [6, 6.07) is 20.0. The van der Waals surface area contributed by atoms with E-state index in [1.807, 2.05) is 17.0 Å². The molecule has 0 bridgehead atoms. The van der Waals surface area contributed by atoms with Gasteiger partial charge in [0, 0.05) is 53.0 Å². The minimum Gasteiger partial charge on any atom is -0.341 e. The third kappa shape index (κ3) is 5.13. The predicted molar refractivity (Wildman–Crippen MR) is 152 cm³/mol. The van der Waals surface area contributed by atoms with Crippen LogP contribution in [-0.4, -0.2) is 51.4 Å². The molecule has 3 heterocycles. The van der Waals surface area contributed by atoms with Gasteiger partial charge in [-0.05, 0) is 61.8 Å². The summed E-state index contributed by atoms with van der Waals surface area (Å²) in [5, 5.41) is 2.22. The van der Waals surface area contributed by atoms with E-state index in [1.165, 1.54) is 5.69 Å². The quantitative estimate of drug-likeness (QED) is 0.222. The second-order valence-electron chi connectivity index (χ2n) is 9.49. The summed E-state index contributed by atoms with van der Waals surface area (Å²) in [6.45, 7) is 8.87. The van der Waals surface area contributed by atoms with Gasteiger partial charge in [0.05, 0.1) is 11.6 Å². The Hall–Kier alpha value is -2.86. The molecule has 37 heavy (non-hydrogen) atoms. The molecule has 1 fully saturated rings. The molecular weight excluding hydrogens is 503 g/mol. The number of likely N-dealkylation sites (N-methyl/N-ethyl adjacent to an activating group) is 1. The number of pyridine rings is 1. The molecule has 192 valence electrons. The van der Waals surface area contributed by atoms with Crippen molar-refractivity contribution in [3.05, 3.63) is 88.3 Å². The van der Waals surface area contributed by atoms with E-state index in [4.69, 9.17) is 23.2 Å². The van der Waals surface area contributed by atoms with Crippen LogP contribution in [0.2, 0.25) is 10.2 Å². The number of halogens is 2. The monoisotopic (exact) mass is 534 g/mol. The molecule has 1 amide bonds. The predicted octanol–water partition coefficient (Wildman–Crippen LogP) is 7.33. The highest BCUT2D eigenvalue weighted by molar-refractivity contribution is 6.31. The van der Waals surface area contributed by atoms with Crippen LogP contribution in [0.4, 0.5) is 0 Å². The molecule has 0 aliphatic carbocycles. The van der Waals surface area contributed by atoms with Gasteiger partial charge in [-0.1, -0.05) is 67.4 Å². The zero-order valence-electron chi connectivity index (χ0n) is 21.3. The van der Waals surface area contributed by atoms with E-state index >= 15 is 0 Å². The first kappa shape index (κ1) is 25.8. The smallest absolute Gasteiger partial charge is 0.255 e. The first-order valence-corrected chi connectivity index (χ1v) is 13.8. The zero-order valence-corrected chi connectivity index (χ0v) is 22.8. The Morgan fingerprint density at radius 3 is 2.54 bits per heavy atom. The molecule has 2 aromatic carbocycles. The Bertz CT molecular complexity index is 1380. The lowest BCUT2D eigenvalue weighted by molar-refractivity contribution is 0.0730. The summed E-state index contributed by atoms with van der Waals surface area (Å²) in [4.78, 5) is 22.3. The van der Waals surface area contributed by atoms with Crippen LogP contribution in [-0.2, 0) is 6.54 Å². The average molecular weight is 536 g/mol. The van der Waals surface area contributed by atoms with E-state index in [2.05, 4.69) is 64.7 Å². The Labute approximate surface area is 228 Å². The fourth-order valence-corrected chi connectivity index (χ4v) is 5.87. The third-order valence-corrected chi connectivity index (χ3v) is 7.92. The van der Waals surface area contributed by atoms with Crippen LogP contribution in [0.25, 0.3) is 22.0 Å². The molecule has 5 nitrogen and oxygen atoms in total. The molecule has 0 radical (unpaired) electrons.